The van der Waals surface area contributed by atoms with Crippen molar-refractivity contribution < 1.29 is 27.7 Å². The van der Waals surface area contributed by atoms with Crippen molar-refractivity contribution in [3.05, 3.63) is 65.4 Å². The highest BCUT2D eigenvalue weighted by Gasteiger charge is 2.34. The molecule has 0 fully saturated rings. The summed E-state index contributed by atoms with van der Waals surface area (Å²) in [6.07, 6.45) is -4.45. The van der Waals surface area contributed by atoms with Crippen molar-refractivity contribution >= 4 is 17.7 Å². The first-order valence-corrected chi connectivity index (χ1v) is 9.61. The number of carbonyl (C=O) groups excluding carboxylic acids is 1. The predicted octanol–water partition coefficient (Wildman–Crippen LogP) is 4.63. The van der Waals surface area contributed by atoms with Gasteiger partial charge in [-0.2, -0.15) is 18.1 Å². The van der Waals surface area contributed by atoms with Gasteiger partial charge in [0.1, 0.15) is 24.7 Å². The Morgan fingerprint density at radius 2 is 1.97 bits per heavy atom. The van der Waals surface area contributed by atoms with Crippen LogP contribution in [0.4, 0.5) is 29.6 Å². The van der Waals surface area contributed by atoms with E-state index in [0.29, 0.717) is 28.6 Å². The Morgan fingerprint density at radius 1 is 1.16 bits per heavy atom. The number of anilines is 2. The number of fused-ring (bicyclic) bond motifs is 1. The minimum atomic E-state index is -4.45. The minimum Gasteiger partial charge on any atom is -0.482 e. The Labute approximate surface area is 176 Å². The first-order chi connectivity index (χ1) is 14.7. The summed E-state index contributed by atoms with van der Waals surface area (Å²) in [7, 11) is 0. The highest BCUT2D eigenvalue weighted by atomic mass is 19.4. The van der Waals surface area contributed by atoms with Gasteiger partial charge >= 0.3 is 18.0 Å². The molecule has 3 aromatic rings. The zero-order valence-corrected chi connectivity index (χ0v) is 16.9. The molecule has 160 valence electrons. The van der Waals surface area contributed by atoms with Gasteiger partial charge in [0.05, 0.1) is 5.56 Å². The van der Waals surface area contributed by atoms with Gasteiger partial charge in [-0.05, 0) is 55.8 Å². The maximum atomic E-state index is 13.1. The number of aromatic nitrogens is 2. The monoisotopic (exact) mass is 429 g/mol. The van der Waals surface area contributed by atoms with Crippen LogP contribution in [-0.2, 0) is 6.18 Å². The van der Waals surface area contributed by atoms with Gasteiger partial charge in [-0.25, -0.2) is 14.8 Å². The molecular formula is C22H20F3N4O2+. The molecule has 0 atom stereocenters. The molecule has 0 saturated heterocycles. The van der Waals surface area contributed by atoms with Crippen LogP contribution in [0.15, 0.2) is 48.5 Å². The topological polar surface area (TPSA) is 68.6 Å². The number of aromatic amines is 1. The summed E-state index contributed by atoms with van der Waals surface area (Å²) in [5.41, 5.74) is 1.76. The minimum absolute atomic E-state index is 0.270. The summed E-state index contributed by atoms with van der Waals surface area (Å²) < 4.78 is 44.9. The second-order valence-electron chi connectivity index (χ2n) is 7.26. The molecular weight excluding hydrogens is 409 g/mol. The number of carbonyl (C=O) groups is 1. The van der Waals surface area contributed by atoms with Crippen molar-refractivity contribution in [1.29, 1.82) is 0 Å². The highest BCUT2D eigenvalue weighted by molar-refractivity contribution is 6.01. The number of nitrogens with one attached hydrogen (secondary N) is 2. The fourth-order valence-corrected chi connectivity index (χ4v) is 3.46. The smallest absolute Gasteiger partial charge is 0.416 e. The van der Waals surface area contributed by atoms with E-state index in [1.165, 1.54) is 11.0 Å². The standard InChI is InChI=1S/C22H19F3N4O2/c1-13-10-14(2)26-19(11-13)28-21(30)29-8-9-31-18-7-6-17(27-20(18)29)15-4-3-5-16(12-15)22(23,24)25/h3-7,10-12H,8-9H2,1-2H3,(H,26,28,30)/p+1. The van der Waals surface area contributed by atoms with Gasteiger partial charge in [-0.3, -0.25) is 5.32 Å². The summed E-state index contributed by atoms with van der Waals surface area (Å²) in [4.78, 5) is 21.8. The van der Waals surface area contributed by atoms with Crippen LogP contribution in [-0.4, -0.2) is 24.2 Å². The first-order valence-electron chi connectivity index (χ1n) is 9.61. The lowest BCUT2D eigenvalue weighted by atomic mass is 10.1. The quantitative estimate of drug-likeness (QED) is 0.646. The van der Waals surface area contributed by atoms with Crippen LogP contribution in [0.5, 0.6) is 5.75 Å². The molecule has 0 radical (unpaired) electrons. The maximum Gasteiger partial charge on any atom is 0.416 e. The van der Waals surface area contributed by atoms with Gasteiger partial charge in [0.2, 0.25) is 5.75 Å². The predicted molar refractivity (Wildman–Crippen MR) is 109 cm³/mol. The van der Waals surface area contributed by atoms with E-state index < -0.39 is 17.8 Å². The van der Waals surface area contributed by atoms with E-state index in [2.05, 4.69) is 15.3 Å². The molecule has 2 amide bonds. The number of rotatable bonds is 2. The first kappa shape index (κ1) is 20.6. The zero-order chi connectivity index (χ0) is 22.2. The van der Waals surface area contributed by atoms with Crippen LogP contribution < -0.4 is 19.9 Å². The molecule has 0 spiro atoms. The number of nitrogens with zero attached hydrogens (tertiary/aromatic N) is 2. The lowest BCUT2D eigenvalue weighted by Gasteiger charge is -2.22. The average Bonchev–Trinajstić information content (AvgIpc) is 2.71. The molecule has 1 aliphatic rings. The number of aryl methyl sites for hydroxylation is 2. The van der Waals surface area contributed by atoms with Gasteiger partial charge < -0.3 is 4.74 Å². The third kappa shape index (κ3) is 4.45. The fraction of sp³-hybridized carbons (Fsp3) is 0.227. The van der Waals surface area contributed by atoms with Crippen molar-refractivity contribution in [2.24, 2.45) is 0 Å². The van der Waals surface area contributed by atoms with Crippen molar-refractivity contribution in [2.45, 2.75) is 20.0 Å². The number of urea groups is 1. The second-order valence-corrected chi connectivity index (χ2v) is 7.26. The Kier molecular flexibility index (Phi) is 5.26. The molecule has 31 heavy (non-hydrogen) atoms. The molecule has 1 aromatic carbocycles. The molecule has 0 bridgehead atoms. The lowest BCUT2D eigenvalue weighted by molar-refractivity contribution is -0.351. The van der Waals surface area contributed by atoms with Crippen molar-refractivity contribution in [2.75, 3.05) is 23.4 Å². The van der Waals surface area contributed by atoms with E-state index in [1.807, 2.05) is 19.9 Å². The van der Waals surface area contributed by atoms with Crippen LogP contribution in [0.3, 0.4) is 0 Å². The molecule has 0 saturated carbocycles. The number of amides is 2. The Morgan fingerprint density at radius 3 is 2.71 bits per heavy atom. The van der Waals surface area contributed by atoms with E-state index in [0.717, 1.165) is 23.4 Å². The summed E-state index contributed by atoms with van der Waals surface area (Å²) in [6.45, 7) is 4.30. The maximum absolute atomic E-state index is 13.1. The molecule has 0 unspecified atom stereocenters. The van der Waals surface area contributed by atoms with Gasteiger partial charge in [0, 0.05) is 11.3 Å². The van der Waals surface area contributed by atoms with Gasteiger partial charge in [0.15, 0.2) is 0 Å². The number of ether oxygens (including phenoxy) is 1. The number of halogens is 3. The van der Waals surface area contributed by atoms with Crippen molar-refractivity contribution in [1.82, 2.24) is 4.98 Å². The molecule has 3 heterocycles. The van der Waals surface area contributed by atoms with E-state index in [-0.39, 0.29) is 13.2 Å². The van der Waals surface area contributed by atoms with Crippen LogP contribution in [0.1, 0.15) is 16.8 Å². The Balaban J connectivity index is 1.66. The summed E-state index contributed by atoms with van der Waals surface area (Å²) >= 11 is 0. The number of hydrogen-bond donors (Lipinski definition) is 1. The number of hydrogen-bond acceptors (Lipinski definition) is 3. The third-order valence-electron chi connectivity index (χ3n) is 4.81. The van der Waals surface area contributed by atoms with Crippen LogP contribution in [0.2, 0.25) is 0 Å². The van der Waals surface area contributed by atoms with Gasteiger partial charge in [-0.1, -0.05) is 12.1 Å². The summed E-state index contributed by atoms with van der Waals surface area (Å²) in [5.74, 6) is 1.22. The van der Waals surface area contributed by atoms with E-state index in [9.17, 15) is 18.0 Å². The zero-order valence-electron chi connectivity index (χ0n) is 16.9. The molecule has 2 N–H and O–H groups in total. The SMILES string of the molecule is Cc1cc(C)nc(NC(=O)N2CCOc3ccc(-c4cccc(C(F)(F)F)c4)[nH+]c32)c1. The summed E-state index contributed by atoms with van der Waals surface area (Å²) in [6, 6.07) is 11.5. The molecule has 0 aliphatic carbocycles. The van der Waals surface area contributed by atoms with E-state index in [4.69, 9.17) is 4.74 Å². The van der Waals surface area contributed by atoms with E-state index >= 15 is 0 Å². The Hall–Kier alpha value is -3.62. The van der Waals surface area contributed by atoms with Crippen LogP contribution >= 0.6 is 0 Å². The molecule has 1 aliphatic heterocycles. The molecule has 2 aromatic heterocycles. The van der Waals surface area contributed by atoms with Crippen LogP contribution in [0, 0.1) is 13.8 Å². The highest BCUT2D eigenvalue weighted by Crippen LogP contribution is 2.33. The molecule has 4 rings (SSSR count). The molecule has 9 heteroatoms. The largest absolute Gasteiger partial charge is 0.482 e. The number of H-pyrrole nitrogens is 1. The van der Waals surface area contributed by atoms with Crippen molar-refractivity contribution in [3.63, 3.8) is 0 Å². The summed E-state index contributed by atoms with van der Waals surface area (Å²) in [5, 5.41) is 2.77. The number of alkyl halides is 3. The fourth-order valence-electron chi connectivity index (χ4n) is 3.46. The Bertz CT molecular complexity index is 1130. The number of pyridine rings is 2. The second kappa shape index (κ2) is 7.90. The normalized spacial score (nSPS) is 13.4. The number of benzene rings is 1. The average molecular weight is 429 g/mol. The third-order valence-corrected chi connectivity index (χ3v) is 4.81. The van der Waals surface area contributed by atoms with Crippen LogP contribution in [0.25, 0.3) is 11.3 Å². The lowest BCUT2D eigenvalue weighted by Crippen LogP contribution is -2.44. The van der Waals surface area contributed by atoms with Gasteiger partial charge in [-0.15, -0.1) is 0 Å². The van der Waals surface area contributed by atoms with E-state index in [1.54, 1.807) is 24.3 Å². The molecule has 6 nitrogen and oxygen atoms in total. The van der Waals surface area contributed by atoms with Gasteiger partial charge in [0.25, 0.3) is 0 Å². The van der Waals surface area contributed by atoms with Crippen molar-refractivity contribution in [3.8, 4) is 17.0 Å².